The van der Waals surface area contributed by atoms with Crippen LogP contribution in [0.15, 0.2) is 28.8 Å². The lowest BCUT2D eigenvalue weighted by Gasteiger charge is -2.18. The fraction of sp³-hybridized carbons (Fsp3) is 0.429. The molecule has 1 aliphatic rings. The number of rotatable bonds is 3. The molecule has 1 aliphatic heterocycles. The maximum absolute atomic E-state index is 11.8. The van der Waals surface area contributed by atoms with E-state index in [9.17, 15) is 8.42 Å². The van der Waals surface area contributed by atoms with Crippen LogP contribution in [0.3, 0.4) is 0 Å². The molecule has 0 amide bonds. The van der Waals surface area contributed by atoms with E-state index < -0.39 is 10.0 Å². The van der Waals surface area contributed by atoms with Gasteiger partial charge in [-0.05, 0) is 19.8 Å². The SMILES string of the molecule is Cc1ccc(-c2noc(C3CCCN3S(C)(=O)=O)n2)cc1. The Morgan fingerprint density at radius 1 is 1.29 bits per heavy atom. The van der Waals surface area contributed by atoms with Crippen LogP contribution in [-0.4, -0.2) is 35.7 Å². The van der Waals surface area contributed by atoms with E-state index in [2.05, 4.69) is 10.1 Å². The molecule has 21 heavy (non-hydrogen) atoms. The summed E-state index contributed by atoms with van der Waals surface area (Å²) in [7, 11) is -3.26. The molecule has 1 aromatic carbocycles. The maximum Gasteiger partial charge on any atom is 0.245 e. The van der Waals surface area contributed by atoms with Crippen LogP contribution in [0.4, 0.5) is 0 Å². The average Bonchev–Trinajstić information content (AvgIpc) is 3.07. The Morgan fingerprint density at radius 2 is 2.00 bits per heavy atom. The van der Waals surface area contributed by atoms with Crippen LogP contribution >= 0.6 is 0 Å². The van der Waals surface area contributed by atoms with Gasteiger partial charge in [0.1, 0.15) is 6.04 Å². The summed E-state index contributed by atoms with van der Waals surface area (Å²) in [6.07, 6.45) is 2.73. The van der Waals surface area contributed by atoms with E-state index in [1.54, 1.807) is 0 Å². The molecule has 2 heterocycles. The second kappa shape index (κ2) is 5.23. The molecular formula is C14H17N3O3S. The van der Waals surface area contributed by atoms with Crippen molar-refractivity contribution < 1.29 is 12.9 Å². The molecule has 0 saturated carbocycles. The number of nitrogens with zero attached hydrogens (tertiary/aromatic N) is 3. The van der Waals surface area contributed by atoms with Gasteiger partial charge in [-0.2, -0.15) is 9.29 Å². The van der Waals surface area contributed by atoms with Crippen molar-refractivity contribution in [1.82, 2.24) is 14.4 Å². The molecule has 0 radical (unpaired) electrons. The molecule has 0 N–H and O–H groups in total. The summed E-state index contributed by atoms with van der Waals surface area (Å²) >= 11 is 0. The highest BCUT2D eigenvalue weighted by atomic mass is 32.2. The Morgan fingerprint density at radius 3 is 2.67 bits per heavy atom. The van der Waals surface area contributed by atoms with Crippen molar-refractivity contribution in [3.63, 3.8) is 0 Å². The van der Waals surface area contributed by atoms with Gasteiger partial charge >= 0.3 is 0 Å². The van der Waals surface area contributed by atoms with Gasteiger partial charge in [0.2, 0.25) is 21.7 Å². The second-order valence-corrected chi connectivity index (χ2v) is 7.29. The van der Waals surface area contributed by atoms with E-state index in [-0.39, 0.29) is 6.04 Å². The summed E-state index contributed by atoms with van der Waals surface area (Å²) in [4.78, 5) is 4.37. The molecule has 1 atom stereocenters. The van der Waals surface area contributed by atoms with E-state index in [4.69, 9.17) is 4.52 Å². The highest BCUT2D eigenvalue weighted by Gasteiger charge is 2.36. The molecule has 0 spiro atoms. The van der Waals surface area contributed by atoms with Gasteiger partial charge in [-0.25, -0.2) is 8.42 Å². The Bertz CT molecular complexity index is 737. The minimum Gasteiger partial charge on any atom is -0.337 e. The Labute approximate surface area is 123 Å². The van der Waals surface area contributed by atoms with E-state index in [0.717, 1.165) is 17.5 Å². The number of benzene rings is 1. The molecule has 0 bridgehead atoms. The number of hydrogen-bond acceptors (Lipinski definition) is 5. The van der Waals surface area contributed by atoms with Crippen LogP contribution in [0.2, 0.25) is 0 Å². The van der Waals surface area contributed by atoms with E-state index in [1.807, 2.05) is 31.2 Å². The maximum atomic E-state index is 11.8. The third-order valence-electron chi connectivity index (χ3n) is 3.67. The smallest absolute Gasteiger partial charge is 0.245 e. The van der Waals surface area contributed by atoms with Crippen LogP contribution in [0.5, 0.6) is 0 Å². The fourth-order valence-electron chi connectivity index (χ4n) is 2.57. The Balaban J connectivity index is 1.90. The minimum atomic E-state index is -3.26. The number of aryl methyl sites for hydroxylation is 1. The molecular weight excluding hydrogens is 290 g/mol. The Hall–Kier alpha value is -1.73. The summed E-state index contributed by atoms with van der Waals surface area (Å²) in [6, 6.07) is 7.46. The minimum absolute atomic E-state index is 0.341. The highest BCUT2D eigenvalue weighted by molar-refractivity contribution is 7.88. The third kappa shape index (κ3) is 2.84. The monoisotopic (exact) mass is 307 g/mol. The largest absolute Gasteiger partial charge is 0.337 e. The van der Waals surface area contributed by atoms with Gasteiger partial charge < -0.3 is 4.52 Å². The zero-order chi connectivity index (χ0) is 15.0. The zero-order valence-corrected chi connectivity index (χ0v) is 12.8. The molecule has 7 heteroatoms. The summed E-state index contributed by atoms with van der Waals surface area (Å²) in [5, 5.41) is 3.97. The van der Waals surface area contributed by atoms with Crippen LogP contribution < -0.4 is 0 Å². The normalized spacial score (nSPS) is 20.0. The first kappa shape index (κ1) is 14.2. The highest BCUT2D eigenvalue weighted by Crippen LogP contribution is 2.33. The van der Waals surface area contributed by atoms with Gasteiger partial charge in [0.05, 0.1) is 6.26 Å². The van der Waals surface area contributed by atoms with Gasteiger partial charge in [-0.1, -0.05) is 35.0 Å². The third-order valence-corrected chi connectivity index (χ3v) is 4.96. The van der Waals surface area contributed by atoms with Crippen LogP contribution in [0.1, 0.15) is 30.3 Å². The quantitative estimate of drug-likeness (QED) is 0.868. The lowest BCUT2D eigenvalue weighted by atomic mass is 10.1. The van der Waals surface area contributed by atoms with Gasteiger partial charge in [-0.3, -0.25) is 0 Å². The standard InChI is InChI=1S/C14H17N3O3S/c1-10-5-7-11(8-6-10)13-15-14(20-16-13)12-4-3-9-17(12)21(2,18)19/h5-8,12H,3-4,9H2,1-2H3. The van der Waals surface area contributed by atoms with Crippen molar-refractivity contribution in [3.05, 3.63) is 35.7 Å². The van der Waals surface area contributed by atoms with E-state index in [0.29, 0.717) is 24.7 Å². The molecule has 1 saturated heterocycles. The molecule has 1 unspecified atom stereocenters. The first-order valence-corrected chi connectivity index (χ1v) is 8.67. The van der Waals surface area contributed by atoms with Crippen molar-refractivity contribution in [2.24, 2.45) is 0 Å². The molecule has 6 nitrogen and oxygen atoms in total. The van der Waals surface area contributed by atoms with E-state index >= 15 is 0 Å². The Kier molecular flexibility index (Phi) is 3.54. The average molecular weight is 307 g/mol. The van der Waals surface area contributed by atoms with Gasteiger partial charge in [-0.15, -0.1) is 0 Å². The lowest BCUT2D eigenvalue weighted by Crippen LogP contribution is -2.29. The number of aromatic nitrogens is 2. The van der Waals surface area contributed by atoms with Gasteiger partial charge in [0.25, 0.3) is 0 Å². The predicted octanol–water partition coefficient (Wildman–Crippen LogP) is 2.14. The molecule has 112 valence electrons. The number of hydrogen-bond donors (Lipinski definition) is 0. The van der Waals surface area contributed by atoms with Crippen molar-refractivity contribution in [2.45, 2.75) is 25.8 Å². The van der Waals surface area contributed by atoms with Crippen molar-refractivity contribution in [1.29, 1.82) is 0 Å². The molecule has 3 rings (SSSR count). The lowest BCUT2D eigenvalue weighted by molar-refractivity contribution is 0.291. The zero-order valence-electron chi connectivity index (χ0n) is 12.0. The number of sulfonamides is 1. The first-order valence-electron chi connectivity index (χ1n) is 6.82. The summed E-state index contributed by atoms with van der Waals surface area (Å²) in [5.74, 6) is 0.860. The predicted molar refractivity (Wildman–Crippen MR) is 78.0 cm³/mol. The van der Waals surface area contributed by atoms with Crippen LogP contribution in [-0.2, 0) is 10.0 Å². The topological polar surface area (TPSA) is 76.3 Å². The molecule has 2 aromatic rings. The molecule has 0 aliphatic carbocycles. The second-order valence-electron chi connectivity index (χ2n) is 5.35. The van der Waals surface area contributed by atoms with E-state index in [1.165, 1.54) is 10.6 Å². The molecule has 1 aromatic heterocycles. The van der Waals surface area contributed by atoms with Gasteiger partial charge in [0.15, 0.2) is 0 Å². The van der Waals surface area contributed by atoms with Gasteiger partial charge in [0, 0.05) is 12.1 Å². The molecule has 1 fully saturated rings. The first-order chi connectivity index (χ1) is 9.95. The van der Waals surface area contributed by atoms with Crippen molar-refractivity contribution in [3.8, 4) is 11.4 Å². The van der Waals surface area contributed by atoms with Crippen molar-refractivity contribution in [2.75, 3.05) is 12.8 Å². The fourth-order valence-corrected chi connectivity index (χ4v) is 3.69. The summed E-state index contributed by atoms with van der Waals surface area (Å²) in [5.41, 5.74) is 2.01. The van der Waals surface area contributed by atoms with Crippen LogP contribution in [0.25, 0.3) is 11.4 Å². The summed E-state index contributed by atoms with van der Waals surface area (Å²) in [6.45, 7) is 2.51. The summed E-state index contributed by atoms with van der Waals surface area (Å²) < 4.78 is 30.3. The van der Waals surface area contributed by atoms with Crippen LogP contribution in [0, 0.1) is 6.92 Å². The van der Waals surface area contributed by atoms with Crippen molar-refractivity contribution >= 4 is 10.0 Å².